The molecule has 2 heterocycles. The Kier molecular flexibility index (Phi) is 3.36. The lowest BCUT2D eigenvalue weighted by atomic mass is 10.1. The number of aromatic carboxylic acids is 1. The second-order valence-corrected chi connectivity index (χ2v) is 3.90. The molecule has 2 rings (SSSR count). The molecule has 5 nitrogen and oxygen atoms in total. The van der Waals surface area contributed by atoms with Gasteiger partial charge in [0.1, 0.15) is 5.56 Å². The topological polar surface area (TPSA) is 74.2 Å². The first-order chi connectivity index (χ1) is 7.77. The molecule has 0 atom stereocenters. The normalized spacial score (nSPS) is 17.0. The van der Waals surface area contributed by atoms with Gasteiger partial charge >= 0.3 is 5.97 Å². The van der Waals surface area contributed by atoms with Crippen LogP contribution in [-0.4, -0.2) is 35.2 Å². The highest BCUT2D eigenvalue weighted by molar-refractivity contribution is 5.93. The van der Waals surface area contributed by atoms with Gasteiger partial charge in [-0.25, -0.2) is 4.79 Å². The Morgan fingerprint density at radius 1 is 1.50 bits per heavy atom. The zero-order valence-corrected chi connectivity index (χ0v) is 8.94. The molecule has 0 aromatic carbocycles. The van der Waals surface area contributed by atoms with Crippen LogP contribution in [0.1, 0.15) is 23.2 Å². The van der Waals surface area contributed by atoms with Gasteiger partial charge in [-0.05, 0) is 32.0 Å². The molecule has 1 aromatic rings. The third-order valence-electron chi connectivity index (χ3n) is 2.75. The van der Waals surface area contributed by atoms with E-state index in [2.05, 4.69) is 15.6 Å². The number of carboxylic acids is 1. The van der Waals surface area contributed by atoms with Gasteiger partial charge in [0, 0.05) is 18.4 Å². The molecule has 1 aromatic heterocycles. The Morgan fingerprint density at radius 2 is 2.25 bits per heavy atom. The molecule has 0 spiro atoms. The van der Waals surface area contributed by atoms with Crippen molar-refractivity contribution in [2.45, 2.75) is 18.9 Å². The molecule has 86 valence electrons. The number of nitrogens with one attached hydrogen (secondary N) is 2. The Bertz CT molecular complexity index is 375. The van der Waals surface area contributed by atoms with Gasteiger partial charge in [-0.1, -0.05) is 0 Å². The highest BCUT2D eigenvalue weighted by atomic mass is 16.4. The molecule has 1 aliphatic rings. The predicted octanol–water partition coefficient (Wildman–Crippen LogP) is 0.944. The fourth-order valence-corrected chi connectivity index (χ4v) is 1.88. The van der Waals surface area contributed by atoms with Crippen molar-refractivity contribution < 1.29 is 9.90 Å². The Balaban J connectivity index is 2.10. The SMILES string of the molecule is O=C(O)c1cnccc1NC1CCNCC1. The van der Waals surface area contributed by atoms with E-state index in [1.165, 1.54) is 6.20 Å². The van der Waals surface area contributed by atoms with Crippen LogP contribution in [0.15, 0.2) is 18.5 Å². The summed E-state index contributed by atoms with van der Waals surface area (Å²) in [6, 6.07) is 2.06. The van der Waals surface area contributed by atoms with Crippen molar-refractivity contribution in [3.05, 3.63) is 24.0 Å². The van der Waals surface area contributed by atoms with E-state index in [1.54, 1.807) is 12.3 Å². The van der Waals surface area contributed by atoms with Gasteiger partial charge in [0.2, 0.25) is 0 Å². The summed E-state index contributed by atoms with van der Waals surface area (Å²) >= 11 is 0. The minimum atomic E-state index is -0.940. The molecule has 0 amide bonds. The van der Waals surface area contributed by atoms with Gasteiger partial charge in [-0.15, -0.1) is 0 Å². The van der Waals surface area contributed by atoms with Crippen molar-refractivity contribution in [3.63, 3.8) is 0 Å². The summed E-state index contributed by atoms with van der Waals surface area (Å²) in [6.07, 6.45) is 5.02. The van der Waals surface area contributed by atoms with Gasteiger partial charge in [-0.2, -0.15) is 0 Å². The van der Waals surface area contributed by atoms with Crippen LogP contribution in [0.4, 0.5) is 5.69 Å². The highest BCUT2D eigenvalue weighted by Crippen LogP contribution is 2.17. The summed E-state index contributed by atoms with van der Waals surface area (Å²) in [5.41, 5.74) is 0.899. The van der Waals surface area contributed by atoms with Crippen molar-refractivity contribution in [3.8, 4) is 0 Å². The van der Waals surface area contributed by atoms with Crippen molar-refractivity contribution in [1.82, 2.24) is 10.3 Å². The number of nitrogens with zero attached hydrogens (tertiary/aromatic N) is 1. The first kappa shape index (κ1) is 10.9. The van der Waals surface area contributed by atoms with Crippen LogP contribution in [0.5, 0.6) is 0 Å². The molecule has 0 radical (unpaired) electrons. The number of hydrogen-bond donors (Lipinski definition) is 3. The van der Waals surface area contributed by atoms with Crippen LogP contribution >= 0.6 is 0 Å². The van der Waals surface area contributed by atoms with Crippen LogP contribution in [0.3, 0.4) is 0 Å². The second-order valence-electron chi connectivity index (χ2n) is 3.90. The smallest absolute Gasteiger partial charge is 0.339 e. The monoisotopic (exact) mass is 221 g/mol. The van der Waals surface area contributed by atoms with Crippen LogP contribution in [0.2, 0.25) is 0 Å². The third kappa shape index (κ3) is 2.49. The van der Waals surface area contributed by atoms with Crippen LogP contribution in [-0.2, 0) is 0 Å². The second kappa shape index (κ2) is 4.94. The molecule has 1 aliphatic heterocycles. The molecule has 3 N–H and O–H groups in total. The van der Waals surface area contributed by atoms with Gasteiger partial charge in [0.15, 0.2) is 0 Å². The van der Waals surface area contributed by atoms with Crippen molar-refractivity contribution >= 4 is 11.7 Å². The van der Waals surface area contributed by atoms with Gasteiger partial charge in [-0.3, -0.25) is 4.98 Å². The van der Waals surface area contributed by atoms with E-state index >= 15 is 0 Å². The van der Waals surface area contributed by atoms with E-state index in [-0.39, 0.29) is 5.56 Å². The Morgan fingerprint density at radius 3 is 2.94 bits per heavy atom. The van der Waals surface area contributed by atoms with E-state index in [9.17, 15) is 4.79 Å². The lowest BCUT2D eigenvalue weighted by Gasteiger charge is -2.25. The molecule has 1 fully saturated rings. The van der Waals surface area contributed by atoms with E-state index in [1.807, 2.05) is 0 Å². The molecule has 0 unspecified atom stereocenters. The maximum absolute atomic E-state index is 11.0. The first-order valence-electron chi connectivity index (χ1n) is 5.42. The van der Waals surface area contributed by atoms with Crippen molar-refractivity contribution in [2.75, 3.05) is 18.4 Å². The zero-order chi connectivity index (χ0) is 11.4. The standard InChI is InChI=1S/C11H15N3O2/c15-11(16)9-7-13-6-3-10(9)14-8-1-4-12-5-2-8/h3,6-8,12H,1-2,4-5H2,(H,13,14)(H,15,16). The molecule has 5 heteroatoms. The number of carbonyl (C=O) groups is 1. The minimum Gasteiger partial charge on any atom is -0.478 e. The summed E-state index contributed by atoms with van der Waals surface area (Å²) in [7, 11) is 0. The average Bonchev–Trinajstić information content (AvgIpc) is 2.31. The molecule has 1 saturated heterocycles. The van der Waals surface area contributed by atoms with E-state index in [0.717, 1.165) is 25.9 Å². The van der Waals surface area contributed by atoms with Crippen LogP contribution in [0.25, 0.3) is 0 Å². The number of hydrogen-bond acceptors (Lipinski definition) is 4. The maximum atomic E-state index is 11.0. The average molecular weight is 221 g/mol. The number of anilines is 1. The fraction of sp³-hybridized carbons (Fsp3) is 0.455. The number of rotatable bonds is 3. The van der Waals surface area contributed by atoms with Gasteiger partial charge in [0.25, 0.3) is 0 Å². The molecule has 0 bridgehead atoms. The number of pyridine rings is 1. The van der Waals surface area contributed by atoms with Crippen molar-refractivity contribution in [2.24, 2.45) is 0 Å². The largest absolute Gasteiger partial charge is 0.478 e. The lowest BCUT2D eigenvalue weighted by Crippen LogP contribution is -2.35. The van der Waals surface area contributed by atoms with Crippen LogP contribution in [0, 0.1) is 0 Å². The molecule has 0 saturated carbocycles. The fourth-order valence-electron chi connectivity index (χ4n) is 1.88. The quantitative estimate of drug-likeness (QED) is 0.708. The predicted molar refractivity (Wildman–Crippen MR) is 60.7 cm³/mol. The number of piperidine rings is 1. The van der Waals surface area contributed by atoms with Gasteiger partial charge < -0.3 is 15.7 Å². The Labute approximate surface area is 93.9 Å². The summed E-state index contributed by atoms with van der Waals surface area (Å²) in [5, 5.41) is 15.5. The third-order valence-corrected chi connectivity index (χ3v) is 2.75. The first-order valence-corrected chi connectivity index (χ1v) is 5.42. The molecule has 16 heavy (non-hydrogen) atoms. The summed E-state index contributed by atoms with van der Waals surface area (Å²) < 4.78 is 0. The zero-order valence-electron chi connectivity index (χ0n) is 8.94. The molecule has 0 aliphatic carbocycles. The van der Waals surface area contributed by atoms with Gasteiger partial charge in [0.05, 0.1) is 5.69 Å². The van der Waals surface area contributed by atoms with Crippen molar-refractivity contribution in [1.29, 1.82) is 0 Å². The van der Waals surface area contributed by atoms with E-state index < -0.39 is 5.97 Å². The number of aromatic nitrogens is 1. The summed E-state index contributed by atoms with van der Waals surface area (Å²) in [4.78, 5) is 14.8. The number of carboxylic acid groups (broad SMARTS) is 1. The van der Waals surface area contributed by atoms with Crippen LogP contribution < -0.4 is 10.6 Å². The van der Waals surface area contributed by atoms with E-state index in [0.29, 0.717) is 11.7 Å². The maximum Gasteiger partial charge on any atom is 0.339 e. The molecular formula is C11H15N3O2. The molecular weight excluding hydrogens is 206 g/mol. The van der Waals surface area contributed by atoms with E-state index in [4.69, 9.17) is 5.11 Å². The lowest BCUT2D eigenvalue weighted by molar-refractivity contribution is 0.0697. The summed E-state index contributed by atoms with van der Waals surface area (Å²) in [5.74, 6) is -0.940. The minimum absolute atomic E-state index is 0.237. The highest BCUT2D eigenvalue weighted by Gasteiger charge is 2.16. The summed E-state index contributed by atoms with van der Waals surface area (Å²) in [6.45, 7) is 1.95. The Hall–Kier alpha value is -1.62.